The summed E-state index contributed by atoms with van der Waals surface area (Å²) < 4.78 is 41.0. The number of carbonyl (C=O) groups excluding carboxylic acids is 1. The zero-order chi connectivity index (χ0) is 20.1. The topological polar surface area (TPSA) is 98.0 Å². The van der Waals surface area contributed by atoms with Crippen LogP contribution in [0.2, 0.25) is 0 Å². The van der Waals surface area contributed by atoms with Gasteiger partial charge in [0.25, 0.3) is 11.6 Å². The number of hydrogen-bond donors (Lipinski definition) is 1. The molecule has 0 spiro atoms. The lowest BCUT2D eigenvalue weighted by Crippen LogP contribution is -2.15. The molecular formula is C16H7F3N4O3S2. The molecule has 0 atom stereocenters. The Hall–Kier alpha value is -3.12. The number of rotatable bonds is 3. The minimum Gasteiger partial charge on any atom is -0.298 e. The van der Waals surface area contributed by atoms with Crippen LogP contribution in [0.3, 0.4) is 0 Å². The second-order valence-corrected chi connectivity index (χ2v) is 7.43. The van der Waals surface area contributed by atoms with E-state index in [2.05, 4.69) is 15.3 Å². The van der Waals surface area contributed by atoms with Gasteiger partial charge >= 0.3 is 6.18 Å². The van der Waals surface area contributed by atoms with Crippen molar-refractivity contribution < 1.29 is 22.9 Å². The van der Waals surface area contributed by atoms with Crippen molar-refractivity contribution in [3.8, 4) is 0 Å². The first-order valence-corrected chi connectivity index (χ1v) is 9.23. The summed E-state index contributed by atoms with van der Waals surface area (Å²) >= 11 is 2.58. The van der Waals surface area contributed by atoms with Crippen molar-refractivity contribution in [3.05, 3.63) is 57.1 Å². The Morgan fingerprint density at radius 1 is 1.14 bits per heavy atom. The van der Waals surface area contributed by atoms with E-state index in [1.807, 2.05) is 0 Å². The molecule has 0 unspecified atom stereocenters. The first kappa shape index (κ1) is 18.3. The molecule has 2 aromatic carbocycles. The monoisotopic (exact) mass is 424 g/mol. The van der Waals surface area contributed by atoms with Crippen LogP contribution in [0.15, 0.2) is 35.8 Å². The predicted molar refractivity (Wildman–Crippen MR) is 98.8 cm³/mol. The molecular weight excluding hydrogens is 417 g/mol. The molecule has 1 N–H and O–H groups in total. The van der Waals surface area contributed by atoms with Crippen LogP contribution in [0.5, 0.6) is 0 Å². The van der Waals surface area contributed by atoms with Gasteiger partial charge in [-0.1, -0.05) is 11.3 Å². The Morgan fingerprint density at radius 2 is 1.89 bits per heavy atom. The largest absolute Gasteiger partial charge is 0.423 e. The maximum atomic E-state index is 13.1. The number of hydrogen-bond acceptors (Lipinski definition) is 7. The third-order valence-corrected chi connectivity index (χ3v) is 5.83. The number of nitrogens with one attached hydrogen (secondary N) is 1. The number of aromatic nitrogens is 2. The number of fused-ring (bicyclic) bond motifs is 3. The van der Waals surface area contributed by atoms with Gasteiger partial charge in [-0.3, -0.25) is 20.2 Å². The first-order chi connectivity index (χ1) is 13.2. The maximum Gasteiger partial charge on any atom is 0.423 e. The number of nitrogens with zero attached hydrogens (tertiary/aromatic N) is 3. The molecule has 142 valence electrons. The number of amides is 1. The second-order valence-electron chi connectivity index (χ2n) is 5.57. The number of benzene rings is 2. The third kappa shape index (κ3) is 3.16. The molecule has 0 fully saturated rings. The van der Waals surface area contributed by atoms with Crippen molar-refractivity contribution in [2.45, 2.75) is 6.18 Å². The van der Waals surface area contributed by atoms with E-state index in [9.17, 15) is 28.1 Å². The van der Waals surface area contributed by atoms with E-state index in [1.54, 1.807) is 17.6 Å². The lowest BCUT2D eigenvalue weighted by Gasteiger charge is -2.09. The summed E-state index contributed by atoms with van der Waals surface area (Å²) in [4.78, 5) is 30.5. The average molecular weight is 424 g/mol. The molecule has 0 aliphatic carbocycles. The number of halogens is 3. The van der Waals surface area contributed by atoms with Crippen molar-refractivity contribution in [1.29, 1.82) is 0 Å². The lowest BCUT2D eigenvalue weighted by atomic mass is 10.1. The fourth-order valence-corrected chi connectivity index (χ4v) is 4.49. The van der Waals surface area contributed by atoms with Crippen LogP contribution in [0.1, 0.15) is 15.9 Å². The van der Waals surface area contributed by atoms with E-state index in [-0.39, 0.29) is 10.7 Å². The number of thiazole rings is 2. The Morgan fingerprint density at radius 3 is 2.61 bits per heavy atom. The normalized spacial score (nSPS) is 11.8. The quantitative estimate of drug-likeness (QED) is 0.365. The Kier molecular flexibility index (Phi) is 4.23. The molecule has 2 heterocycles. The highest BCUT2D eigenvalue weighted by molar-refractivity contribution is 7.28. The molecule has 0 saturated heterocycles. The van der Waals surface area contributed by atoms with E-state index < -0.39 is 28.3 Å². The summed E-state index contributed by atoms with van der Waals surface area (Å²) in [5.41, 5.74) is 0.121. The molecule has 7 nitrogen and oxygen atoms in total. The smallest absolute Gasteiger partial charge is 0.298 e. The zero-order valence-corrected chi connectivity index (χ0v) is 15.1. The first-order valence-electron chi connectivity index (χ1n) is 7.54. The second kappa shape index (κ2) is 6.49. The van der Waals surface area contributed by atoms with Gasteiger partial charge in [0.2, 0.25) is 0 Å². The Balaban J connectivity index is 1.68. The Labute approximate surface area is 161 Å². The Bertz CT molecular complexity index is 1250. The van der Waals surface area contributed by atoms with Crippen molar-refractivity contribution >= 4 is 59.8 Å². The van der Waals surface area contributed by atoms with Crippen LogP contribution in [-0.2, 0) is 6.18 Å². The van der Waals surface area contributed by atoms with Gasteiger partial charge < -0.3 is 0 Å². The molecule has 4 rings (SSSR count). The molecule has 0 bridgehead atoms. The number of nitro groups is 1. The number of anilines is 1. The highest BCUT2D eigenvalue weighted by atomic mass is 32.1. The van der Waals surface area contributed by atoms with Gasteiger partial charge in [-0.25, -0.2) is 9.97 Å². The molecule has 0 aliphatic rings. The van der Waals surface area contributed by atoms with Crippen LogP contribution in [0.4, 0.5) is 24.0 Å². The summed E-state index contributed by atoms with van der Waals surface area (Å²) in [6.45, 7) is 0. The van der Waals surface area contributed by atoms with E-state index in [4.69, 9.17) is 0 Å². The molecule has 0 saturated carbocycles. The van der Waals surface area contributed by atoms with Crippen LogP contribution >= 0.6 is 22.7 Å². The molecule has 0 aliphatic heterocycles. The summed E-state index contributed by atoms with van der Waals surface area (Å²) in [5.74, 6) is -0.847. The van der Waals surface area contributed by atoms with E-state index in [1.165, 1.54) is 22.7 Å². The molecule has 0 radical (unpaired) electrons. The van der Waals surface area contributed by atoms with Crippen molar-refractivity contribution in [3.63, 3.8) is 0 Å². The number of nitro benzene ring substituents is 1. The molecule has 1 amide bonds. The van der Waals surface area contributed by atoms with Gasteiger partial charge in [-0.05, 0) is 24.3 Å². The highest BCUT2D eigenvalue weighted by Gasteiger charge is 2.38. The van der Waals surface area contributed by atoms with E-state index in [0.29, 0.717) is 17.6 Å². The summed E-state index contributed by atoms with van der Waals surface area (Å²) in [5, 5.41) is 13.5. The zero-order valence-electron chi connectivity index (χ0n) is 13.5. The van der Waals surface area contributed by atoms with Gasteiger partial charge in [-0.2, -0.15) is 13.2 Å². The predicted octanol–water partition coefficient (Wildman–Crippen LogP) is 5.09. The van der Waals surface area contributed by atoms with Gasteiger partial charge in [0, 0.05) is 11.6 Å². The fourth-order valence-electron chi connectivity index (χ4n) is 2.60. The van der Waals surface area contributed by atoms with Crippen LogP contribution in [0.25, 0.3) is 20.4 Å². The van der Waals surface area contributed by atoms with Crippen molar-refractivity contribution in [1.82, 2.24) is 9.97 Å². The summed E-state index contributed by atoms with van der Waals surface area (Å²) in [6, 6.07) is 5.61. The highest BCUT2D eigenvalue weighted by Crippen LogP contribution is 2.37. The standard InChI is InChI=1S/C16H7F3N4O3S2/c17-16(18,19)8-5-7(1-4-11(8)23(25)26)14(24)22-15-21-10-3-2-9-12(13(10)28-15)27-6-20-9/h1-6H,(H,21,22,24). The average Bonchev–Trinajstić information content (AvgIpc) is 3.25. The van der Waals surface area contributed by atoms with Gasteiger partial charge in [0.1, 0.15) is 5.56 Å². The van der Waals surface area contributed by atoms with E-state index >= 15 is 0 Å². The minimum atomic E-state index is -4.97. The van der Waals surface area contributed by atoms with Crippen LogP contribution < -0.4 is 5.32 Å². The maximum absolute atomic E-state index is 13.1. The van der Waals surface area contributed by atoms with Gasteiger partial charge in [0.15, 0.2) is 5.13 Å². The molecule has 2 aromatic heterocycles. The van der Waals surface area contributed by atoms with Gasteiger partial charge in [-0.15, -0.1) is 11.3 Å². The van der Waals surface area contributed by atoms with Crippen LogP contribution in [0, 0.1) is 10.1 Å². The van der Waals surface area contributed by atoms with E-state index in [0.717, 1.165) is 21.0 Å². The fraction of sp³-hybridized carbons (Fsp3) is 0.0625. The number of carbonyl (C=O) groups is 1. The lowest BCUT2D eigenvalue weighted by molar-refractivity contribution is -0.388. The minimum absolute atomic E-state index is 0.202. The molecule has 28 heavy (non-hydrogen) atoms. The molecule has 4 aromatic rings. The third-order valence-electron chi connectivity index (χ3n) is 3.83. The van der Waals surface area contributed by atoms with Crippen LogP contribution in [-0.4, -0.2) is 20.8 Å². The summed E-state index contributed by atoms with van der Waals surface area (Å²) in [6.07, 6.45) is -4.97. The molecule has 12 heteroatoms. The summed E-state index contributed by atoms with van der Waals surface area (Å²) in [7, 11) is 0. The van der Waals surface area contributed by atoms with Crippen molar-refractivity contribution in [2.75, 3.05) is 5.32 Å². The SMILES string of the molecule is O=C(Nc1nc2ccc3ncsc3c2s1)c1ccc([N+](=O)[O-])c(C(F)(F)F)c1. The van der Waals surface area contributed by atoms with Gasteiger partial charge in [0.05, 0.1) is 30.9 Å². The number of alkyl halides is 3. The van der Waals surface area contributed by atoms with Crippen molar-refractivity contribution in [2.24, 2.45) is 0 Å².